The van der Waals surface area contributed by atoms with Gasteiger partial charge < -0.3 is 19.9 Å². The number of piperidine rings is 1. The number of alkyl halides is 3. The summed E-state index contributed by atoms with van der Waals surface area (Å²) in [6, 6.07) is 4.33. The van der Waals surface area contributed by atoms with Gasteiger partial charge in [-0.3, -0.25) is 18.7 Å². The standard InChI is InChI=1S/C25H29F3N6O4/c1-15(2)10-12-33-20-21(30-23(33)32-11-4-5-17(29)13-32)34(24(37)31(3)22(20)36)14-19(35)16-6-8-18(9-7-16)38-25(26,27)28/h6-10,17H,4-5,11-14,29H2,1-3H3. The van der Waals surface area contributed by atoms with Crippen LogP contribution in [0.2, 0.25) is 0 Å². The van der Waals surface area contributed by atoms with Gasteiger partial charge in [0.25, 0.3) is 5.56 Å². The Hall–Kier alpha value is -3.87. The third kappa shape index (κ3) is 5.67. The summed E-state index contributed by atoms with van der Waals surface area (Å²) in [7, 11) is 1.32. The van der Waals surface area contributed by atoms with E-state index in [1.165, 1.54) is 19.2 Å². The average Bonchev–Trinajstić information content (AvgIpc) is 3.23. The van der Waals surface area contributed by atoms with Gasteiger partial charge in [-0.1, -0.05) is 11.6 Å². The minimum Gasteiger partial charge on any atom is -0.406 e. The zero-order valence-corrected chi connectivity index (χ0v) is 21.3. The molecule has 0 spiro atoms. The smallest absolute Gasteiger partial charge is 0.406 e. The van der Waals surface area contributed by atoms with Gasteiger partial charge in [0.05, 0.1) is 6.54 Å². The van der Waals surface area contributed by atoms with Crippen molar-refractivity contribution in [1.82, 2.24) is 18.7 Å². The number of hydrogen-bond donors (Lipinski definition) is 1. The van der Waals surface area contributed by atoms with Crippen molar-refractivity contribution < 1.29 is 22.7 Å². The summed E-state index contributed by atoms with van der Waals surface area (Å²) in [6.07, 6.45) is -1.23. The predicted octanol–water partition coefficient (Wildman–Crippen LogP) is 2.57. The van der Waals surface area contributed by atoms with Gasteiger partial charge in [-0.15, -0.1) is 13.2 Å². The number of anilines is 1. The first-order chi connectivity index (χ1) is 17.9. The molecule has 1 aliphatic heterocycles. The number of carbonyl (C=O) groups is 1. The number of hydrogen-bond acceptors (Lipinski definition) is 7. The number of Topliss-reactive ketones (excluding diaryl/α,β-unsaturated/α-hetero) is 1. The summed E-state index contributed by atoms with van der Waals surface area (Å²) in [5.41, 5.74) is 6.21. The number of rotatable bonds is 7. The Morgan fingerprint density at radius 1 is 1.18 bits per heavy atom. The van der Waals surface area contributed by atoms with Crippen LogP contribution in [0.1, 0.15) is 37.0 Å². The second-order valence-corrected chi connectivity index (χ2v) is 9.55. The number of carbonyl (C=O) groups excluding carboxylic acids is 1. The number of imidazole rings is 1. The molecule has 1 unspecified atom stereocenters. The molecule has 1 aliphatic rings. The van der Waals surface area contributed by atoms with Crippen molar-refractivity contribution in [2.45, 2.75) is 52.2 Å². The Kier molecular flexibility index (Phi) is 7.49. The molecule has 13 heteroatoms. The van der Waals surface area contributed by atoms with Gasteiger partial charge >= 0.3 is 12.1 Å². The number of fused-ring (bicyclic) bond motifs is 1. The van der Waals surface area contributed by atoms with E-state index in [1.807, 2.05) is 24.8 Å². The molecule has 38 heavy (non-hydrogen) atoms. The fourth-order valence-electron chi connectivity index (χ4n) is 4.45. The molecule has 0 radical (unpaired) electrons. The highest BCUT2D eigenvalue weighted by atomic mass is 19.4. The van der Waals surface area contributed by atoms with Crippen LogP contribution in [0, 0.1) is 0 Å². The van der Waals surface area contributed by atoms with Crippen LogP contribution in [0.25, 0.3) is 11.2 Å². The molecule has 1 saturated heterocycles. The number of halogens is 3. The van der Waals surface area contributed by atoms with Crippen molar-refractivity contribution in [3.63, 3.8) is 0 Å². The molecular weight excluding hydrogens is 505 g/mol. The van der Waals surface area contributed by atoms with Crippen LogP contribution >= 0.6 is 0 Å². The Labute approximate surface area is 215 Å². The lowest BCUT2D eigenvalue weighted by molar-refractivity contribution is -0.274. The Morgan fingerprint density at radius 2 is 1.87 bits per heavy atom. The second-order valence-electron chi connectivity index (χ2n) is 9.55. The van der Waals surface area contributed by atoms with Crippen molar-refractivity contribution in [1.29, 1.82) is 0 Å². The fraction of sp³-hybridized carbons (Fsp3) is 0.440. The maximum absolute atomic E-state index is 13.3. The van der Waals surface area contributed by atoms with E-state index in [2.05, 4.69) is 9.72 Å². The highest BCUT2D eigenvalue weighted by molar-refractivity contribution is 5.96. The summed E-state index contributed by atoms with van der Waals surface area (Å²) in [5, 5.41) is 0. The van der Waals surface area contributed by atoms with Crippen LogP contribution in [-0.2, 0) is 20.1 Å². The van der Waals surface area contributed by atoms with E-state index in [4.69, 9.17) is 5.73 Å². The number of aromatic nitrogens is 4. The van der Waals surface area contributed by atoms with Crippen LogP contribution < -0.4 is 26.6 Å². The average molecular weight is 535 g/mol. The van der Waals surface area contributed by atoms with Crippen LogP contribution in [-0.4, -0.2) is 50.0 Å². The van der Waals surface area contributed by atoms with E-state index in [0.717, 1.165) is 39.7 Å². The SMILES string of the molecule is CC(C)=CCn1c(N2CCCC(N)C2)nc2c1c(=O)n(C)c(=O)n2CC(=O)c1ccc(OC(F)(F)F)cc1. The first-order valence-electron chi connectivity index (χ1n) is 12.1. The van der Waals surface area contributed by atoms with Crippen LogP contribution in [0.4, 0.5) is 19.1 Å². The molecular formula is C25H29F3N6O4. The largest absolute Gasteiger partial charge is 0.573 e. The number of ketones is 1. The van der Waals surface area contributed by atoms with Crippen molar-refractivity contribution in [2.75, 3.05) is 18.0 Å². The molecule has 204 valence electrons. The fourth-order valence-corrected chi connectivity index (χ4v) is 4.45. The van der Waals surface area contributed by atoms with E-state index in [9.17, 15) is 27.6 Å². The lowest BCUT2D eigenvalue weighted by Crippen LogP contribution is -2.44. The maximum atomic E-state index is 13.3. The van der Waals surface area contributed by atoms with E-state index >= 15 is 0 Å². The quantitative estimate of drug-likeness (QED) is 0.366. The molecule has 1 aromatic carbocycles. The van der Waals surface area contributed by atoms with Gasteiger partial charge in [0, 0.05) is 38.3 Å². The molecule has 4 rings (SSSR count). The highest BCUT2D eigenvalue weighted by Crippen LogP contribution is 2.25. The summed E-state index contributed by atoms with van der Waals surface area (Å²) in [4.78, 5) is 46.1. The molecule has 0 aliphatic carbocycles. The Bertz CT molecular complexity index is 1500. The third-order valence-electron chi connectivity index (χ3n) is 6.34. The molecule has 1 fully saturated rings. The third-order valence-corrected chi connectivity index (χ3v) is 6.34. The zero-order chi connectivity index (χ0) is 27.8. The number of nitrogens with two attached hydrogens (primary N) is 1. The van der Waals surface area contributed by atoms with Crippen LogP contribution in [0.5, 0.6) is 5.75 Å². The second kappa shape index (κ2) is 10.5. The summed E-state index contributed by atoms with van der Waals surface area (Å²) < 4.78 is 45.0. The minimum atomic E-state index is -4.86. The molecule has 0 amide bonds. The maximum Gasteiger partial charge on any atom is 0.573 e. The van der Waals surface area contributed by atoms with Gasteiger partial charge in [-0.25, -0.2) is 4.79 Å². The van der Waals surface area contributed by atoms with Crippen molar-refractivity contribution in [2.24, 2.45) is 12.8 Å². The van der Waals surface area contributed by atoms with Gasteiger partial charge in [0.15, 0.2) is 16.9 Å². The monoisotopic (exact) mass is 534 g/mol. The van der Waals surface area contributed by atoms with Gasteiger partial charge in [-0.2, -0.15) is 4.98 Å². The van der Waals surface area contributed by atoms with Crippen LogP contribution in [0.15, 0.2) is 45.5 Å². The van der Waals surface area contributed by atoms with E-state index in [1.54, 1.807) is 4.57 Å². The molecule has 0 bridgehead atoms. The van der Waals surface area contributed by atoms with E-state index in [0.29, 0.717) is 25.6 Å². The zero-order valence-electron chi connectivity index (χ0n) is 21.3. The van der Waals surface area contributed by atoms with Gasteiger partial charge in [-0.05, 0) is 51.0 Å². The number of ether oxygens (including phenoxy) is 1. The summed E-state index contributed by atoms with van der Waals surface area (Å²) in [5.74, 6) is -0.547. The normalized spacial score (nSPS) is 16.1. The van der Waals surface area contributed by atoms with Gasteiger partial charge in [0.2, 0.25) is 5.95 Å². The summed E-state index contributed by atoms with van der Waals surface area (Å²) >= 11 is 0. The minimum absolute atomic E-state index is 0.0553. The molecule has 10 nitrogen and oxygen atoms in total. The van der Waals surface area contributed by atoms with Crippen molar-refractivity contribution in [3.05, 3.63) is 62.3 Å². The van der Waals surface area contributed by atoms with E-state index in [-0.39, 0.29) is 22.8 Å². The molecule has 1 atom stereocenters. The van der Waals surface area contributed by atoms with E-state index < -0.39 is 35.7 Å². The first-order valence-corrected chi connectivity index (χ1v) is 12.1. The molecule has 2 N–H and O–H groups in total. The topological polar surface area (TPSA) is 117 Å². The van der Waals surface area contributed by atoms with Crippen molar-refractivity contribution >= 4 is 22.9 Å². The molecule has 0 saturated carbocycles. The first kappa shape index (κ1) is 27.2. The van der Waals surface area contributed by atoms with Gasteiger partial charge in [0.1, 0.15) is 5.75 Å². The highest BCUT2D eigenvalue weighted by Gasteiger charge is 2.31. The predicted molar refractivity (Wildman–Crippen MR) is 136 cm³/mol. The number of nitrogens with zero attached hydrogens (tertiary/aromatic N) is 5. The van der Waals surface area contributed by atoms with Crippen molar-refractivity contribution in [3.8, 4) is 5.75 Å². The Morgan fingerprint density at radius 3 is 2.47 bits per heavy atom. The number of allylic oxidation sites excluding steroid dienone is 2. The Balaban J connectivity index is 1.80. The lowest BCUT2D eigenvalue weighted by Gasteiger charge is -2.31. The molecule has 3 heterocycles. The molecule has 2 aromatic heterocycles. The summed E-state index contributed by atoms with van der Waals surface area (Å²) in [6.45, 7) is 4.89. The number of benzene rings is 1. The lowest BCUT2D eigenvalue weighted by atomic mass is 10.1. The molecule has 3 aromatic rings. The van der Waals surface area contributed by atoms with Crippen LogP contribution in [0.3, 0.4) is 0 Å².